The summed E-state index contributed by atoms with van der Waals surface area (Å²) in [6.45, 7) is 0. The zero-order valence-corrected chi connectivity index (χ0v) is 12.2. The molecule has 0 heterocycles. The number of rotatable bonds is 5. The Hall–Kier alpha value is -1.96. The van der Waals surface area contributed by atoms with Crippen LogP contribution in [0, 0.1) is 5.92 Å². The molecule has 0 amide bonds. The summed E-state index contributed by atoms with van der Waals surface area (Å²) in [5.41, 5.74) is 3.83. The van der Waals surface area contributed by atoms with Crippen LogP contribution in [0.4, 0.5) is 11.4 Å². The first-order valence-corrected chi connectivity index (χ1v) is 7.33. The molecule has 1 N–H and O–H groups in total. The molecule has 0 bridgehead atoms. The second-order valence-electron chi connectivity index (χ2n) is 5.81. The molecule has 0 saturated heterocycles. The van der Waals surface area contributed by atoms with E-state index in [1.165, 1.54) is 29.8 Å². The van der Waals surface area contributed by atoms with Crippen LogP contribution in [0.3, 0.4) is 0 Å². The van der Waals surface area contributed by atoms with Crippen molar-refractivity contribution in [1.29, 1.82) is 0 Å². The van der Waals surface area contributed by atoms with Crippen LogP contribution >= 0.6 is 0 Å². The standard InChI is InChI=1S/C18H22N2/c1-20(2)17-12-10-16(11-13-17)19-18(15-8-9-15)14-6-4-3-5-7-14/h3-7,10-13,15,18-19H,8-9H2,1-2H3. The van der Waals surface area contributed by atoms with Crippen LogP contribution in [-0.4, -0.2) is 14.1 Å². The second kappa shape index (κ2) is 5.58. The van der Waals surface area contributed by atoms with Crippen LogP contribution in [0.5, 0.6) is 0 Å². The summed E-state index contributed by atoms with van der Waals surface area (Å²) >= 11 is 0. The summed E-state index contributed by atoms with van der Waals surface area (Å²) in [7, 11) is 4.14. The minimum Gasteiger partial charge on any atom is -0.378 e. The lowest BCUT2D eigenvalue weighted by molar-refractivity contribution is 0.679. The summed E-state index contributed by atoms with van der Waals surface area (Å²) in [5, 5.41) is 3.70. The van der Waals surface area contributed by atoms with Crippen LogP contribution in [0.1, 0.15) is 24.4 Å². The molecule has 2 aromatic carbocycles. The molecule has 0 radical (unpaired) electrons. The molecule has 2 heteroatoms. The van der Waals surface area contributed by atoms with E-state index in [1.54, 1.807) is 0 Å². The minimum atomic E-state index is 0.446. The van der Waals surface area contributed by atoms with Crippen molar-refractivity contribution in [2.75, 3.05) is 24.3 Å². The molecule has 1 atom stereocenters. The second-order valence-corrected chi connectivity index (χ2v) is 5.81. The average Bonchev–Trinajstić information content (AvgIpc) is 3.31. The highest BCUT2D eigenvalue weighted by molar-refractivity contribution is 5.55. The van der Waals surface area contributed by atoms with E-state index >= 15 is 0 Å². The fourth-order valence-electron chi connectivity index (χ4n) is 2.60. The Morgan fingerprint density at radius 3 is 2.15 bits per heavy atom. The van der Waals surface area contributed by atoms with Crippen molar-refractivity contribution in [3.63, 3.8) is 0 Å². The van der Waals surface area contributed by atoms with Gasteiger partial charge in [-0.25, -0.2) is 0 Å². The van der Waals surface area contributed by atoms with Gasteiger partial charge in [0.25, 0.3) is 0 Å². The Bertz CT molecular complexity index is 541. The number of benzene rings is 2. The van der Waals surface area contributed by atoms with E-state index in [1.807, 2.05) is 0 Å². The number of nitrogens with one attached hydrogen (secondary N) is 1. The molecule has 0 aliphatic heterocycles. The van der Waals surface area contributed by atoms with Gasteiger partial charge in [-0.1, -0.05) is 30.3 Å². The van der Waals surface area contributed by atoms with Gasteiger partial charge in [0.05, 0.1) is 6.04 Å². The Morgan fingerprint density at radius 2 is 1.60 bits per heavy atom. The first-order valence-electron chi connectivity index (χ1n) is 7.33. The smallest absolute Gasteiger partial charge is 0.0542 e. The Labute approximate surface area is 121 Å². The molecule has 2 nitrogen and oxygen atoms in total. The maximum absolute atomic E-state index is 3.70. The third kappa shape index (κ3) is 2.96. The molecular weight excluding hydrogens is 244 g/mol. The lowest BCUT2D eigenvalue weighted by atomic mass is 10.0. The molecule has 104 valence electrons. The molecule has 1 aliphatic carbocycles. The fraction of sp³-hybridized carbons (Fsp3) is 0.333. The Kier molecular flexibility index (Phi) is 3.64. The van der Waals surface area contributed by atoms with Gasteiger partial charge in [0, 0.05) is 25.5 Å². The highest BCUT2D eigenvalue weighted by Gasteiger charge is 2.32. The van der Waals surface area contributed by atoms with Gasteiger partial charge in [-0.2, -0.15) is 0 Å². The lowest BCUT2D eigenvalue weighted by Crippen LogP contribution is -2.13. The van der Waals surface area contributed by atoms with Crippen molar-refractivity contribution in [2.45, 2.75) is 18.9 Å². The van der Waals surface area contributed by atoms with E-state index in [4.69, 9.17) is 0 Å². The van der Waals surface area contributed by atoms with Gasteiger partial charge in [-0.05, 0) is 48.6 Å². The third-order valence-corrected chi connectivity index (χ3v) is 3.96. The monoisotopic (exact) mass is 266 g/mol. The van der Waals surface area contributed by atoms with Crippen molar-refractivity contribution in [1.82, 2.24) is 0 Å². The normalized spacial score (nSPS) is 15.7. The molecule has 20 heavy (non-hydrogen) atoms. The third-order valence-electron chi connectivity index (χ3n) is 3.96. The maximum Gasteiger partial charge on any atom is 0.0542 e. The van der Waals surface area contributed by atoms with Crippen LogP contribution in [0.2, 0.25) is 0 Å². The van der Waals surface area contributed by atoms with Crippen LogP contribution < -0.4 is 10.2 Å². The Balaban J connectivity index is 1.77. The molecular formula is C18H22N2. The quantitative estimate of drug-likeness (QED) is 0.867. The van der Waals surface area contributed by atoms with Gasteiger partial charge in [0.15, 0.2) is 0 Å². The van der Waals surface area contributed by atoms with Gasteiger partial charge in [0.2, 0.25) is 0 Å². The van der Waals surface area contributed by atoms with E-state index in [0.717, 1.165) is 5.92 Å². The summed E-state index contributed by atoms with van der Waals surface area (Å²) in [6, 6.07) is 19.9. The van der Waals surface area contributed by atoms with Crippen molar-refractivity contribution in [2.24, 2.45) is 5.92 Å². The maximum atomic E-state index is 3.70. The highest BCUT2D eigenvalue weighted by Crippen LogP contribution is 2.42. The molecule has 1 unspecified atom stereocenters. The van der Waals surface area contributed by atoms with Gasteiger partial charge in [-0.3, -0.25) is 0 Å². The molecule has 2 aromatic rings. The van der Waals surface area contributed by atoms with E-state index in [0.29, 0.717) is 6.04 Å². The van der Waals surface area contributed by atoms with Crippen LogP contribution in [-0.2, 0) is 0 Å². The summed E-state index contributed by atoms with van der Waals surface area (Å²) in [6.07, 6.45) is 2.67. The molecule has 1 aliphatic rings. The first kappa shape index (κ1) is 13.0. The van der Waals surface area contributed by atoms with Crippen molar-refractivity contribution in [3.8, 4) is 0 Å². The van der Waals surface area contributed by atoms with E-state index in [-0.39, 0.29) is 0 Å². The van der Waals surface area contributed by atoms with Crippen LogP contribution in [0.15, 0.2) is 54.6 Å². The van der Waals surface area contributed by atoms with E-state index in [2.05, 4.69) is 78.9 Å². The first-order chi connectivity index (χ1) is 9.74. The number of anilines is 2. The number of hydrogen-bond donors (Lipinski definition) is 1. The fourth-order valence-corrected chi connectivity index (χ4v) is 2.60. The molecule has 1 saturated carbocycles. The molecule has 3 rings (SSSR count). The Morgan fingerprint density at radius 1 is 0.950 bits per heavy atom. The van der Waals surface area contributed by atoms with Crippen molar-refractivity contribution >= 4 is 11.4 Å². The van der Waals surface area contributed by atoms with Crippen molar-refractivity contribution < 1.29 is 0 Å². The minimum absolute atomic E-state index is 0.446. The summed E-state index contributed by atoms with van der Waals surface area (Å²) < 4.78 is 0. The van der Waals surface area contributed by atoms with Gasteiger partial charge in [-0.15, -0.1) is 0 Å². The number of nitrogens with zero attached hydrogens (tertiary/aromatic N) is 1. The van der Waals surface area contributed by atoms with E-state index < -0.39 is 0 Å². The summed E-state index contributed by atoms with van der Waals surface area (Å²) in [4.78, 5) is 2.12. The topological polar surface area (TPSA) is 15.3 Å². The SMILES string of the molecule is CN(C)c1ccc(NC(c2ccccc2)C2CC2)cc1. The number of hydrogen-bond acceptors (Lipinski definition) is 2. The van der Waals surface area contributed by atoms with Gasteiger partial charge >= 0.3 is 0 Å². The van der Waals surface area contributed by atoms with Gasteiger partial charge in [0.1, 0.15) is 0 Å². The molecule has 0 spiro atoms. The van der Waals surface area contributed by atoms with Crippen LogP contribution in [0.25, 0.3) is 0 Å². The predicted octanol–water partition coefficient (Wildman–Crippen LogP) is 4.32. The summed E-state index contributed by atoms with van der Waals surface area (Å²) in [5.74, 6) is 0.783. The largest absolute Gasteiger partial charge is 0.378 e. The molecule has 1 fully saturated rings. The molecule has 0 aromatic heterocycles. The predicted molar refractivity (Wildman–Crippen MR) is 86.3 cm³/mol. The zero-order valence-electron chi connectivity index (χ0n) is 12.2. The highest BCUT2D eigenvalue weighted by atomic mass is 15.1. The van der Waals surface area contributed by atoms with Gasteiger partial charge < -0.3 is 10.2 Å². The average molecular weight is 266 g/mol. The zero-order chi connectivity index (χ0) is 13.9. The lowest BCUT2D eigenvalue weighted by Gasteiger charge is -2.21. The van der Waals surface area contributed by atoms with Crippen molar-refractivity contribution in [3.05, 3.63) is 60.2 Å². The van der Waals surface area contributed by atoms with E-state index in [9.17, 15) is 0 Å².